The molecule has 1 aliphatic heterocycles. The van der Waals surface area contributed by atoms with Crippen molar-refractivity contribution in [1.29, 1.82) is 0 Å². The predicted molar refractivity (Wildman–Crippen MR) is 133 cm³/mol. The maximum atomic E-state index is 13.0. The van der Waals surface area contributed by atoms with Gasteiger partial charge in [-0.3, -0.25) is 9.59 Å². The number of carbonyl (C=O) groups is 3. The van der Waals surface area contributed by atoms with Crippen LogP contribution in [0.1, 0.15) is 40.1 Å². The molecule has 188 valence electrons. The molecule has 4 amide bonds. The number of hydrogen-bond donors (Lipinski definition) is 1. The van der Waals surface area contributed by atoms with Gasteiger partial charge in [0, 0.05) is 57.4 Å². The number of urea groups is 1. The van der Waals surface area contributed by atoms with E-state index >= 15 is 0 Å². The average Bonchev–Trinajstić information content (AvgIpc) is 2.91. The van der Waals surface area contributed by atoms with Gasteiger partial charge in [0.2, 0.25) is 0 Å². The molecule has 0 bridgehead atoms. The Hall–Kier alpha value is -3.75. The van der Waals surface area contributed by atoms with Crippen LogP contribution < -0.4 is 14.8 Å². The number of piperazine rings is 1. The van der Waals surface area contributed by atoms with Crippen LogP contribution in [0, 0.1) is 0 Å². The largest absolute Gasteiger partial charge is 0.497 e. The third-order valence-electron chi connectivity index (χ3n) is 6.19. The smallest absolute Gasteiger partial charge is 0.317 e. The number of amides is 4. The van der Waals surface area contributed by atoms with Crippen molar-refractivity contribution < 1.29 is 23.9 Å². The molecule has 2 aromatic carbocycles. The quantitative estimate of drug-likeness (QED) is 0.625. The monoisotopic (exact) mass is 482 g/mol. The Morgan fingerprint density at radius 1 is 0.886 bits per heavy atom. The van der Waals surface area contributed by atoms with Gasteiger partial charge in [0.1, 0.15) is 11.5 Å². The molecule has 1 N–H and O–H groups in total. The number of benzene rings is 2. The first-order valence-electron chi connectivity index (χ1n) is 11.8. The number of nitrogens with one attached hydrogen (secondary N) is 1. The van der Waals surface area contributed by atoms with Crippen LogP contribution in [0.3, 0.4) is 0 Å². The van der Waals surface area contributed by atoms with E-state index in [1.165, 1.54) is 7.11 Å². The van der Waals surface area contributed by atoms with Gasteiger partial charge in [0.25, 0.3) is 11.8 Å². The Labute approximate surface area is 206 Å². The molecule has 0 radical (unpaired) electrons. The Bertz CT molecular complexity index is 1030. The van der Waals surface area contributed by atoms with E-state index in [-0.39, 0.29) is 17.8 Å². The standard InChI is InChI=1S/C26H34N4O5/c1-5-28(6-2)24(31)20-9-7-19(8-10-20)18-27-26(33)30-15-13-29(14-16-30)25(32)22-12-11-21(34-3)17-23(22)35-4/h7-12,17H,5-6,13-16,18H2,1-4H3,(H,27,33). The van der Waals surface area contributed by atoms with E-state index in [4.69, 9.17) is 9.47 Å². The van der Waals surface area contributed by atoms with Crippen LogP contribution >= 0.6 is 0 Å². The van der Waals surface area contributed by atoms with Crippen molar-refractivity contribution in [2.45, 2.75) is 20.4 Å². The van der Waals surface area contributed by atoms with Crippen molar-refractivity contribution in [3.8, 4) is 11.5 Å². The Balaban J connectivity index is 1.50. The van der Waals surface area contributed by atoms with Gasteiger partial charge in [-0.05, 0) is 43.7 Å². The van der Waals surface area contributed by atoms with Gasteiger partial charge in [0.05, 0.1) is 19.8 Å². The van der Waals surface area contributed by atoms with Crippen LogP contribution in [0.4, 0.5) is 4.79 Å². The minimum absolute atomic E-state index is 0.00487. The summed E-state index contributed by atoms with van der Waals surface area (Å²) in [6, 6.07) is 12.2. The average molecular weight is 483 g/mol. The van der Waals surface area contributed by atoms with Crippen molar-refractivity contribution in [3.05, 3.63) is 59.2 Å². The summed E-state index contributed by atoms with van der Waals surface area (Å²) in [5.41, 5.74) is 2.02. The SMILES string of the molecule is CCN(CC)C(=O)c1ccc(CNC(=O)N2CCN(C(=O)c3ccc(OC)cc3OC)CC2)cc1. The lowest BCUT2D eigenvalue weighted by atomic mass is 10.1. The lowest BCUT2D eigenvalue weighted by Gasteiger charge is -2.35. The fourth-order valence-corrected chi connectivity index (χ4v) is 4.01. The molecular weight excluding hydrogens is 448 g/mol. The van der Waals surface area contributed by atoms with Crippen molar-refractivity contribution in [2.24, 2.45) is 0 Å². The second-order valence-corrected chi connectivity index (χ2v) is 8.18. The normalized spacial score (nSPS) is 13.3. The summed E-state index contributed by atoms with van der Waals surface area (Å²) in [6.45, 7) is 7.35. The summed E-state index contributed by atoms with van der Waals surface area (Å²) in [4.78, 5) is 43.3. The summed E-state index contributed by atoms with van der Waals surface area (Å²) >= 11 is 0. The van der Waals surface area contributed by atoms with Crippen molar-refractivity contribution in [2.75, 3.05) is 53.5 Å². The molecule has 0 unspecified atom stereocenters. The van der Waals surface area contributed by atoms with E-state index in [2.05, 4.69) is 5.32 Å². The molecule has 0 atom stereocenters. The van der Waals surface area contributed by atoms with Crippen LogP contribution in [0.15, 0.2) is 42.5 Å². The third kappa shape index (κ3) is 6.23. The van der Waals surface area contributed by atoms with Crippen LogP contribution in [-0.4, -0.2) is 86.0 Å². The number of rotatable bonds is 8. The van der Waals surface area contributed by atoms with Gasteiger partial charge >= 0.3 is 6.03 Å². The van der Waals surface area contributed by atoms with Crippen molar-refractivity contribution in [3.63, 3.8) is 0 Å². The molecule has 0 spiro atoms. The van der Waals surface area contributed by atoms with Gasteiger partial charge in [-0.15, -0.1) is 0 Å². The molecule has 2 aromatic rings. The van der Waals surface area contributed by atoms with Crippen LogP contribution in [0.2, 0.25) is 0 Å². The fourth-order valence-electron chi connectivity index (χ4n) is 4.01. The minimum atomic E-state index is -0.178. The zero-order chi connectivity index (χ0) is 25.4. The van der Waals surface area contributed by atoms with E-state index in [9.17, 15) is 14.4 Å². The molecule has 1 saturated heterocycles. The van der Waals surface area contributed by atoms with Gasteiger partial charge in [-0.2, -0.15) is 0 Å². The van der Waals surface area contributed by atoms with E-state index in [1.54, 1.807) is 52.1 Å². The maximum absolute atomic E-state index is 13.0. The molecule has 9 nitrogen and oxygen atoms in total. The van der Waals surface area contributed by atoms with E-state index in [1.807, 2.05) is 26.0 Å². The lowest BCUT2D eigenvalue weighted by Crippen LogP contribution is -2.53. The summed E-state index contributed by atoms with van der Waals surface area (Å²) in [5.74, 6) is 0.943. The second kappa shape index (κ2) is 12.1. The first-order valence-corrected chi connectivity index (χ1v) is 11.8. The molecule has 35 heavy (non-hydrogen) atoms. The van der Waals surface area contributed by atoms with Gasteiger partial charge in [-0.1, -0.05) is 12.1 Å². The zero-order valence-electron chi connectivity index (χ0n) is 20.9. The maximum Gasteiger partial charge on any atom is 0.317 e. The molecule has 3 rings (SSSR count). The fraction of sp³-hybridized carbons (Fsp3) is 0.423. The zero-order valence-corrected chi connectivity index (χ0v) is 20.9. The summed E-state index contributed by atoms with van der Waals surface area (Å²) in [7, 11) is 3.08. The molecular formula is C26H34N4O5. The number of hydrogen-bond acceptors (Lipinski definition) is 5. The molecule has 0 aliphatic carbocycles. The van der Waals surface area contributed by atoms with E-state index < -0.39 is 0 Å². The molecule has 1 heterocycles. The summed E-state index contributed by atoms with van der Waals surface area (Å²) in [6.07, 6.45) is 0. The molecule has 9 heteroatoms. The number of carbonyl (C=O) groups excluding carboxylic acids is 3. The van der Waals surface area contributed by atoms with E-state index in [0.717, 1.165) is 5.56 Å². The van der Waals surface area contributed by atoms with Gasteiger partial charge in [0.15, 0.2) is 0 Å². The Morgan fingerprint density at radius 3 is 2.09 bits per heavy atom. The van der Waals surface area contributed by atoms with Crippen LogP contribution in [0.5, 0.6) is 11.5 Å². The highest BCUT2D eigenvalue weighted by molar-refractivity contribution is 5.97. The summed E-state index contributed by atoms with van der Waals surface area (Å²) in [5, 5.41) is 2.92. The Kier molecular flexibility index (Phi) is 8.94. The molecule has 1 aliphatic rings. The van der Waals surface area contributed by atoms with Crippen LogP contribution in [-0.2, 0) is 6.54 Å². The van der Waals surface area contributed by atoms with Crippen molar-refractivity contribution >= 4 is 17.8 Å². The van der Waals surface area contributed by atoms with Gasteiger partial charge in [-0.25, -0.2) is 4.79 Å². The number of ether oxygens (including phenoxy) is 2. The molecule has 1 fully saturated rings. The second-order valence-electron chi connectivity index (χ2n) is 8.18. The van der Waals surface area contributed by atoms with Gasteiger partial charge < -0.3 is 29.5 Å². The first-order chi connectivity index (χ1) is 16.9. The van der Waals surface area contributed by atoms with Crippen molar-refractivity contribution in [1.82, 2.24) is 20.0 Å². The molecule has 0 saturated carbocycles. The highest BCUT2D eigenvalue weighted by atomic mass is 16.5. The topological polar surface area (TPSA) is 91.4 Å². The lowest BCUT2D eigenvalue weighted by molar-refractivity contribution is 0.0661. The first kappa shape index (κ1) is 25.9. The van der Waals surface area contributed by atoms with Crippen LogP contribution in [0.25, 0.3) is 0 Å². The number of nitrogens with zero attached hydrogens (tertiary/aromatic N) is 3. The highest BCUT2D eigenvalue weighted by Gasteiger charge is 2.26. The molecule has 0 aromatic heterocycles. The minimum Gasteiger partial charge on any atom is -0.497 e. The number of methoxy groups -OCH3 is 2. The summed E-state index contributed by atoms with van der Waals surface area (Å²) < 4.78 is 10.5. The third-order valence-corrected chi connectivity index (χ3v) is 6.19. The van der Waals surface area contributed by atoms with E-state index in [0.29, 0.717) is 68.4 Å². The Morgan fingerprint density at radius 2 is 1.51 bits per heavy atom. The highest BCUT2D eigenvalue weighted by Crippen LogP contribution is 2.26. The predicted octanol–water partition coefficient (Wildman–Crippen LogP) is 2.85.